The first-order valence-corrected chi connectivity index (χ1v) is 4.52. The number of hydrogen-bond acceptors (Lipinski definition) is 5. The van der Waals surface area contributed by atoms with Gasteiger partial charge in [-0.25, -0.2) is 9.97 Å². The molecule has 1 aromatic heterocycles. The monoisotopic (exact) mass is 196 g/mol. The third kappa shape index (κ3) is 1.75. The zero-order valence-electron chi connectivity index (χ0n) is 7.58. The van der Waals surface area contributed by atoms with E-state index >= 15 is 0 Å². The molecule has 5 nitrogen and oxygen atoms in total. The van der Waals surface area contributed by atoms with Crippen molar-refractivity contribution in [1.82, 2.24) is 9.97 Å². The van der Waals surface area contributed by atoms with Crippen LogP contribution in [0.2, 0.25) is 0 Å². The van der Waals surface area contributed by atoms with Crippen molar-refractivity contribution in [2.24, 2.45) is 0 Å². The van der Waals surface area contributed by atoms with E-state index in [1.807, 2.05) is 0 Å². The minimum atomic E-state index is -0.631. The maximum Gasteiger partial charge on any atom is 0.157 e. The summed E-state index contributed by atoms with van der Waals surface area (Å²) in [6.07, 6.45) is 2.25. The van der Waals surface area contributed by atoms with Crippen LogP contribution in [0.4, 0.5) is 0 Å². The van der Waals surface area contributed by atoms with Crippen LogP contribution in [0.3, 0.4) is 0 Å². The second kappa shape index (κ2) is 4.00. The van der Waals surface area contributed by atoms with Crippen LogP contribution in [0.1, 0.15) is 18.3 Å². The lowest BCUT2D eigenvalue weighted by Crippen LogP contribution is -2.24. The van der Waals surface area contributed by atoms with E-state index in [4.69, 9.17) is 9.84 Å². The lowest BCUT2D eigenvalue weighted by atomic mass is 10.1. The summed E-state index contributed by atoms with van der Waals surface area (Å²) in [5.41, 5.74) is 0. The number of nitrogens with zero attached hydrogens (tertiary/aromatic N) is 2. The first-order chi connectivity index (χ1) is 6.81. The predicted molar refractivity (Wildman–Crippen MR) is 47.4 cm³/mol. The molecule has 1 aromatic rings. The Morgan fingerprint density at radius 1 is 1.43 bits per heavy atom. The van der Waals surface area contributed by atoms with Gasteiger partial charge in [-0.2, -0.15) is 0 Å². The Labute approximate surface area is 81.4 Å². The largest absolute Gasteiger partial charge is 0.394 e. The topological polar surface area (TPSA) is 75.5 Å². The highest BCUT2D eigenvalue weighted by Gasteiger charge is 2.35. The molecular formula is C9H12N2O3. The van der Waals surface area contributed by atoms with E-state index in [0.29, 0.717) is 12.2 Å². The highest BCUT2D eigenvalue weighted by Crippen LogP contribution is 2.30. The molecule has 2 N–H and O–H groups in total. The Hall–Kier alpha value is -1.04. The van der Waals surface area contributed by atoms with Crippen molar-refractivity contribution in [1.29, 1.82) is 0 Å². The molecule has 0 radical (unpaired) electrons. The zero-order valence-corrected chi connectivity index (χ0v) is 7.58. The van der Waals surface area contributed by atoms with E-state index in [-0.39, 0.29) is 12.7 Å². The van der Waals surface area contributed by atoms with E-state index in [0.717, 1.165) is 0 Å². The SMILES string of the molecule is OC[C@H]1OC(c2ncccn2)C[C@@H]1O. The second-order valence-electron chi connectivity index (χ2n) is 3.26. The summed E-state index contributed by atoms with van der Waals surface area (Å²) in [5, 5.41) is 18.4. The molecule has 0 aromatic carbocycles. The van der Waals surface area contributed by atoms with Crippen LogP contribution in [-0.2, 0) is 4.74 Å². The van der Waals surface area contributed by atoms with Crippen molar-refractivity contribution in [3.05, 3.63) is 24.3 Å². The molecule has 1 aliphatic rings. The Morgan fingerprint density at radius 2 is 2.14 bits per heavy atom. The van der Waals surface area contributed by atoms with Gasteiger partial charge >= 0.3 is 0 Å². The summed E-state index contributed by atoms with van der Waals surface area (Å²) in [6, 6.07) is 1.72. The normalized spacial score (nSPS) is 32.0. The minimum Gasteiger partial charge on any atom is -0.394 e. The Kier molecular flexibility index (Phi) is 2.72. The molecule has 76 valence electrons. The Morgan fingerprint density at radius 3 is 2.71 bits per heavy atom. The van der Waals surface area contributed by atoms with E-state index in [9.17, 15) is 5.11 Å². The van der Waals surface area contributed by atoms with Gasteiger partial charge in [0.05, 0.1) is 12.7 Å². The van der Waals surface area contributed by atoms with Crippen molar-refractivity contribution >= 4 is 0 Å². The maximum absolute atomic E-state index is 9.48. The number of aromatic nitrogens is 2. The summed E-state index contributed by atoms with van der Waals surface area (Å²) in [5.74, 6) is 0.558. The number of aliphatic hydroxyl groups is 2. The van der Waals surface area contributed by atoms with Crippen LogP contribution in [0.25, 0.3) is 0 Å². The number of ether oxygens (including phenoxy) is 1. The number of aliphatic hydroxyl groups excluding tert-OH is 2. The number of hydrogen-bond donors (Lipinski definition) is 2. The molecule has 1 saturated heterocycles. The van der Waals surface area contributed by atoms with Crippen LogP contribution >= 0.6 is 0 Å². The van der Waals surface area contributed by atoms with Gasteiger partial charge in [0, 0.05) is 18.8 Å². The van der Waals surface area contributed by atoms with Gasteiger partial charge in [0.2, 0.25) is 0 Å². The zero-order chi connectivity index (χ0) is 9.97. The quantitative estimate of drug-likeness (QED) is 0.676. The summed E-state index contributed by atoms with van der Waals surface area (Å²) in [7, 11) is 0. The fourth-order valence-corrected chi connectivity index (χ4v) is 1.54. The summed E-state index contributed by atoms with van der Waals surface area (Å²) < 4.78 is 5.38. The standard InChI is InChI=1S/C9H12N2O3/c12-5-8-6(13)4-7(14-8)9-10-2-1-3-11-9/h1-3,6-8,12-13H,4-5H2/t6-,7?,8+/m0/s1. The van der Waals surface area contributed by atoms with Gasteiger partial charge in [-0.05, 0) is 6.07 Å². The molecule has 0 saturated carbocycles. The van der Waals surface area contributed by atoms with Gasteiger partial charge in [0.25, 0.3) is 0 Å². The first kappa shape index (κ1) is 9.51. The highest BCUT2D eigenvalue weighted by atomic mass is 16.5. The molecule has 1 unspecified atom stereocenters. The van der Waals surface area contributed by atoms with Gasteiger partial charge in [0.15, 0.2) is 5.82 Å². The molecule has 14 heavy (non-hydrogen) atoms. The third-order valence-corrected chi connectivity index (χ3v) is 2.28. The van der Waals surface area contributed by atoms with Crippen molar-refractivity contribution in [3.63, 3.8) is 0 Å². The van der Waals surface area contributed by atoms with E-state index in [1.165, 1.54) is 0 Å². The van der Waals surface area contributed by atoms with Gasteiger partial charge in [-0.1, -0.05) is 0 Å². The number of rotatable bonds is 2. The maximum atomic E-state index is 9.48. The van der Waals surface area contributed by atoms with Crippen LogP contribution < -0.4 is 0 Å². The molecule has 0 amide bonds. The third-order valence-electron chi connectivity index (χ3n) is 2.28. The van der Waals surface area contributed by atoms with E-state index < -0.39 is 12.2 Å². The molecule has 3 atom stereocenters. The Bertz CT molecular complexity index is 293. The molecule has 5 heteroatoms. The molecular weight excluding hydrogens is 184 g/mol. The van der Waals surface area contributed by atoms with Crippen LogP contribution in [0, 0.1) is 0 Å². The van der Waals surface area contributed by atoms with Crippen molar-refractivity contribution < 1.29 is 14.9 Å². The fraction of sp³-hybridized carbons (Fsp3) is 0.556. The van der Waals surface area contributed by atoms with Gasteiger partial charge in [0.1, 0.15) is 12.2 Å². The van der Waals surface area contributed by atoms with Gasteiger partial charge in [-0.15, -0.1) is 0 Å². The van der Waals surface area contributed by atoms with Crippen molar-refractivity contribution in [2.75, 3.05) is 6.61 Å². The van der Waals surface area contributed by atoms with E-state index in [1.54, 1.807) is 18.5 Å². The predicted octanol–water partition coefficient (Wildman–Crippen LogP) is -0.340. The lowest BCUT2D eigenvalue weighted by Gasteiger charge is -2.10. The van der Waals surface area contributed by atoms with Crippen molar-refractivity contribution in [3.8, 4) is 0 Å². The first-order valence-electron chi connectivity index (χ1n) is 4.52. The summed E-state index contributed by atoms with van der Waals surface area (Å²) in [4.78, 5) is 8.07. The lowest BCUT2D eigenvalue weighted by molar-refractivity contribution is -0.0247. The Balaban J connectivity index is 2.09. The van der Waals surface area contributed by atoms with Gasteiger partial charge < -0.3 is 14.9 Å². The molecule has 1 aliphatic heterocycles. The second-order valence-corrected chi connectivity index (χ2v) is 3.26. The average Bonchev–Trinajstić information content (AvgIpc) is 2.61. The average molecular weight is 196 g/mol. The molecule has 0 aliphatic carbocycles. The van der Waals surface area contributed by atoms with Crippen LogP contribution in [-0.4, -0.2) is 39.0 Å². The summed E-state index contributed by atoms with van der Waals surface area (Å²) >= 11 is 0. The van der Waals surface area contributed by atoms with Gasteiger partial charge in [-0.3, -0.25) is 0 Å². The molecule has 2 heterocycles. The smallest absolute Gasteiger partial charge is 0.157 e. The fourth-order valence-electron chi connectivity index (χ4n) is 1.54. The minimum absolute atomic E-state index is 0.176. The summed E-state index contributed by atoms with van der Waals surface area (Å²) in [6.45, 7) is -0.176. The highest BCUT2D eigenvalue weighted by molar-refractivity contribution is 4.98. The van der Waals surface area contributed by atoms with Crippen molar-refractivity contribution in [2.45, 2.75) is 24.7 Å². The van der Waals surface area contributed by atoms with Crippen LogP contribution in [0.15, 0.2) is 18.5 Å². The van der Waals surface area contributed by atoms with Crippen LogP contribution in [0.5, 0.6) is 0 Å². The molecule has 0 bridgehead atoms. The van der Waals surface area contributed by atoms with E-state index in [2.05, 4.69) is 9.97 Å². The molecule has 1 fully saturated rings. The molecule has 0 spiro atoms. The molecule has 2 rings (SSSR count).